The van der Waals surface area contributed by atoms with Crippen molar-refractivity contribution >= 4 is 21.6 Å². The number of guanidine groups is 1. The highest BCUT2D eigenvalue weighted by molar-refractivity contribution is 7.88. The standard InChI is InChI=1S/C19H25N7O3S/c1-20-19(21-7-5-16-14-25-8-3-2-4-18(25)22-16)24-9-11-26(12-10-24)30(27,28)15-17-6-13-29-23-17/h2-4,6,8,13-14H,5,7,9-12,15H2,1H3,(H,20,21). The molecule has 3 aromatic rings. The van der Waals surface area contributed by atoms with E-state index < -0.39 is 10.0 Å². The molecule has 0 unspecified atom stereocenters. The van der Waals surface area contributed by atoms with Crippen LogP contribution in [0.5, 0.6) is 0 Å². The molecule has 1 aliphatic heterocycles. The molecule has 1 saturated heterocycles. The van der Waals surface area contributed by atoms with Crippen molar-refractivity contribution in [3.63, 3.8) is 0 Å². The minimum atomic E-state index is -3.41. The van der Waals surface area contributed by atoms with Gasteiger partial charge in [0, 0.05) is 64.7 Å². The fourth-order valence-corrected chi connectivity index (χ4v) is 4.94. The molecule has 0 radical (unpaired) electrons. The molecule has 0 spiro atoms. The van der Waals surface area contributed by atoms with Crippen LogP contribution in [0.15, 0.2) is 52.4 Å². The lowest BCUT2D eigenvalue weighted by molar-refractivity contribution is 0.260. The van der Waals surface area contributed by atoms with Gasteiger partial charge in [0.1, 0.15) is 17.7 Å². The molecule has 1 fully saturated rings. The number of fused-ring (bicyclic) bond motifs is 1. The Labute approximate surface area is 175 Å². The Morgan fingerprint density at radius 1 is 1.20 bits per heavy atom. The van der Waals surface area contributed by atoms with E-state index in [9.17, 15) is 8.42 Å². The van der Waals surface area contributed by atoms with Crippen molar-refractivity contribution in [3.05, 3.63) is 54.3 Å². The monoisotopic (exact) mass is 431 g/mol. The summed E-state index contributed by atoms with van der Waals surface area (Å²) in [7, 11) is -1.68. The molecular weight excluding hydrogens is 406 g/mol. The van der Waals surface area contributed by atoms with Crippen LogP contribution in [0.25, 0.3) is 5.65 Å². The van der Waals surface area contributed by atoms with E-state index in [0.717, 1.165) is 23.7 Å². The summed E-state index contributed by atoms with van der Waals surface area (Å²) in [6, 6.07) is 7.50. The van der Waals surface area contributed by atoms with Crippen molar-refractivity contribution in [1.29, 1.82) is 0 Å². The highest BCUT2D eigenvalue weighted by atomic mass is 32.2. The highest BCUT2D eigenvalue weighted by Crippen LogP contribution is 2.13. The summed E-state index contributed by atoms with van der Waals surface area (Å²) < 4.78 is 33.4. The van der Waals surface area contributed by atoms with E-state index in [4.69, 9.17) is 4.52 Å². The van der Waals surface area contributed by atoms with Gasteiger partial charge in [-0.2, -0.15) is 4.31 Å². The number of aliphatic imine (C=N–C) groups is 1. The number of nitrogens with zero attached hydrogens (tertiary/aromatic N) is 6. The van der Waals surface area contributed by atoms with Crippen LogP contribution in [-0.2, 0) is 22.2 Å². The fraction of sp³-hybridized carbons (Fsp3) is 0.421. The van der Waals surface area contributed by atoms with Crippen molar-refractivity contribution in [2.75, 3.05) is 39.8 Å². The molecule has 30 heavy (non-hydrogen) atoms. The maximum atomic E-state index is 12.6. The zero-order chi connectivity index (χ0) is 21.0. The van der Waals surface area contributed by atoms with E-state index in [2.05, 4.69) is 25.3 Å². The molecule has 0 bridgehead atoms. The quantitative estimate of drug-likeness (QED) is 0.449. The zero-order valence-electron chi connectivity index (χ0n) is 16.8. The lowest BCUT2D eigenvalue weighted by atomic mass is 10.3. The van der Waals surface area contributed by atoms with Gasteiger partial charge in [-0.05, 0) is 12.1 Å². The van der Waals surface area contributed by atoms with Crippen LogP contribution < -0.4 is 5.32 Å². The second-order valence-corrected chi connectivity index (χ2v) is 9.02. The number of pyridine rings is 1. The molecule has 1 aliphatic rings. The molecule has 11 heteroatoms. The van der Waals surface area contributed by atoms with Gasteiger partial charge in [0.2, 0.25) is 10.0 Å². The molecule has 1 N–H and O–H groups in total. The second kappa shape index (κ2) is 8.84. The van der Waals surface area contributed by atoms with Gasteiger partial charge in [-0.1, -0.05) is 11.2 Å². The summed E-state index contributed by atoms with van der Waals surface area (Å²) in [4.78, 5) is 11.0. The molecule has 0 saturated carbocycles. The first-order valence-corrected chi connectivity index (χ1v) is 11.4. The van der Waals surface area contributed by atoms with E-state index in [-0.39, 0.29) is 5.75 Å². The van der Waals surface area contributed by atoms with Gasteiger partial charge in [-0.3, -0.25) is 4.99 Å². The maximum absolute atomic E-state index is 12.6. The van der Waals surface area contributed by atoms with Crippen LogP contribution in [-0.4, -0.2) is 77.9 Å². The zero-order valence-corrected chi connectivity index (χ0v) is 17.6. The molecule has 0 aliphatic carbocycles. The van der Waals surface area contributed by atoms with Gasteiger partial charge < -0.3 is 19.1 Å². The second-order valence-electron chi connectivity index (χ2n) is 7.06. The Morgan fingerprint density at radius 2 is 2.03 bits per heavy atom. The van der Waals surface area contributed by atoms with Crippen molar-refractivity contribution in [2.24, 2.45) is 4.99 Å². The summed E-state index contributed by atoms with van der Waals surface area (Å²) in [6.07, 6.45) is 6.16. The van der Waals surface area contributed by atoms with Crippen LogP contribution in [0, 0.1) is 0 Å². The van der Waals surface area contributed by atoms with Crippen LogP contribution in [0.3, 0.4) is 0 Å². The smallest absolute Gasteiger partial charge is 0.220 e. The molecule has 0 aromatic carbocycles. The lowest BCUT2D eigenvalue weighted by Crippen LogP contribution is -2.54. The first-order chi connectivity index (χ1) is 14.5. The van der Waals surface area contributed by atoms with E-state index in [1.807, 2.05) is 35.0 Å². The molecule has 160 valence electrons. The molecule has 3 aromatic heterocycles. The topological polar surface area (TPSA) is 108 Å². The van der Waals surface area contributed by atoms with Crippen LogP contribution >= 0.6 is 0 Å². The molecular formula is C19H25N7O3S. The third-order valence-corrected chi connectivity index (χ3v) is 6.86. The Kier molecular flexibility index (Phi) is 6.00. The van der Waals surface area contributed by atoms with Crippen LogP contribution in [0.1, 0.15) is 11.4 Å². The number of piperazine rings is 1. The number of nitrogens with one attached hydrogen (secondary N) is 1. The molecule has 10 nitrogen and oxygen atoms in total. The van der Waals surface area contributed by atoms with E-state index >= 15 is 0 Å². The Hall–Kier alpha value is -2.92. The van der Waals surface area contributed by atoms with Crippen molar-refractivity contribution in [3.8, 4) is 0 Å². The van der Waals surface area contributed by atoms with E-state index in [1.165, 1.54) is 10.6 Å². The van der Waals surface area contributed by atoms with Crippen molar-refractivity contribution in [1.82, 2.24) is 29.1 Å². The number of hydrogen-bond acceptors (Lipinski definition) is 6. The van der Waals surface area contributed by atoms with E-state index in [1.54, 1.807) is 13.1 Å². The normalized spacial score (nSPS) is 16.3. The predicted molar refractivity (Wildman–Crippen MR) is 113 cm³/mol. The molecule has 4 rings (SSSR count). The van der Waals surface area contributed by atoms with Crippen LogP contribution in [0.2, 0.25) is 0 Å². The predicted octanol–water partition coefficient (Wildman–Crippen LogP) is 0.588. The van der Waals surface area contributed by atoms with Gasteiger partial charge in [0.05, 0.1) is 11.4 Å². The van der Waals surface area contributed by atoms with Crippen molar-refractivity contribution < 1.29 is 12.9 Å². The Balaban J connectivity index is 1.27. The Bertz CT molecular complexity index is 1070. The summed E-state index contributed by atoms with van der Waals surface area (Å²) in [5.41, 5.74) is 2.36. The summed E-state index contributed by atoms with van der Waals surface area (Å²) in [5, 5.41) is 7.06. The minimum Gasteiger partial charge on any atom is -0.364 e. The average Bonchev–Trinajstić information content (AvgIpc) is 3.40. The van der Waals surface area contributed by atoms with Gasteiger partial charge in [-0.15, -0.1) is 0 Å². The van der Waals surface area contributed by atoms with Crippen LogP contribution in [0.4, 0.5) is 0 Å². The number of rotatable bonds is 6. The van der Waals surface area contributed by atoms with Gasteiger partial charge in [0.15, 0.2) is 5.96 Å². The summed E-state index contributed by atoms with van der Waals surface area (Å²) in [6.45, 7) is 2.67. The van der Waals surface area contributed by atoms with Gasteiger partial charge in [0.25, 0.3) is 0 Å². The Morgan fingerprint density at radius 3 is 2.73 bits per heavy atom. The maximum Gasteiger partial charge on any atom is 0.220 e. The average molecular weight is 432 g/mol. The number of hydrogen-bond donors (Lipinski definition) is 1. The molecule has 4 heterocycles. The van der Waals surface area contributed by atoms with Crippen molar-refractivity contribution in [2.45, 2.75) is 12.2 Å². The lowest BCUT2D eigenvalue weighted by Gasteiger charge is -2.35. The fourth-order valence-electron chi connectivity index (χ4n) is 3.51. The summed E-state index contributed by atoms with van der Waals surface area (Å²) in [5.74, 6) is 0.627. The number of sulfonamides is 1. The largest absolute Gasteiger partial charge is 0.364 e. The molecule has 0 amide bonds. The molecule has 0 atom stereocenters. The SMILES string of the molecule is CN=C(NCCc1cn2ccccc2n1)N1CCN(S(=O)(=O)Cc2ccon2)CC1. The van der Waals surface area contributed by atoms with E-state index in [0.29, 0.717) is 38.4 Å². The first kappa shape index (κ1) is 20.4. The third kappa shape index (κ3) is 4.62. The van der Waals surface area contributed by atoms with Gasteiger partial charge in [-0.25, -0.2) is 13.4 Å². The number of aromatic nitrogens is 3. The van der Waals surface area contributed by atoms with Gasteiger partial charge >= 0.3 is 0 Å². The first-order valence-electron chi connectivity index (χ1n) is 9.80. The summed E-state index contributed by atoms with van der Waals surface area (Å²) >= 11 is 0. The highest BCUT2D eigenvalue weighted by Gasteiger charge is 2.28. The third-order valence-electron chi connectivity index (χ3n) is 5.04. The number of imidazole rings is 1. The minimum absolute atomic E-state index is 0.143.